The first kappa shape index (κ1) is 14.8. The van der Waals surface area contributed by atoms with E-state index in [4.69, 9.17) is 0 Å². The van der Waals surface area contributed by atoms with E-state index in [0.717, 1.165) is 5.69 Å². The van der Waals surface area contributed by atoms with Crippen molar-refractivity contribution in [3.63, 3.8) is 0 Å². The van der Waals surface area contributed by atoms with Crippen LogP contribution in [-0.2, 0) is 9.59 Å². The third-order valence-corrected chi connectivity index (χ3v) is 4.41. The number of benzene rings is 1. The molecule has 2 aliphatic rings. The van der Waals surface area contributed by atoms with Gasteiger partial charge in [0, 0.05) is 18.5 Å². The van der Waals surface area contributed by atoms with E-state index < -0.39 is 0 Å². The summed E-state index contributed by atoms with van der Waals surface area (Å²) >= 11 is 0. The molecule has 1 aliphatic heterocycles. The quantitative estimate of drug-likeness (QED) is 0.901. The molecule has 0 unspecified atom stereocenters. The first-order chi connectivity index (χ1) is 10.7. The van der Waals surface area contributed by atoms with Crippen molar-refractivity contribution in [2.24, 2.45) is 5.10 Å². The summed E-state index contributed by atoms with van der Waals surface area (Å²) in [5.74, 6) is 0.273. The number of carbonyl (C=O) groups is 2. The molecule has 1 aromatic rings. The van der Waals surface area contributed by atoms with Gasteiger partial charge in [0.2, 0.25) is 5.91 Å². The van der Waals surface area contributed by atoms with Gasteiger partial charge in [0.15, 0.2) is 0 Å². The molecule has 5 heteroatoms. The maximum absolute atomic E-state index is 12.1. The normalized spacial score (nSPS) is 19.3. The Hall–Kier alpha value is -2.17. The molecular weight excluding hydrogens is 278 g/mol. The minimum atomic E-state index is -0.245. The summed E-state index contributed by atoms with van der Waals surface area (Å²) in [7, 11) is 0. The lowest BCUT2D eigenvalue weighted by molar-refractivity contribution is -0.121. The predicted octanol–water partition coefficient (Wildman–Crippen LogP) is 2.94. The summed E-state index contributed by atoms with van der Waals surface area (Å²) < 4.78 is 0. The summed E-state index contributed by atoms with van der Waals surface area (Å²) in [5, 5.41) is 6.64. The molecule has 2 N–H and O–H groups in total. The number of carbonyl (C=O) groups excluding carboxylic acids is 2. The second-order valence-electron chi connectivity index (χ2n) is 6.00. The molecular formula is C17H21N3O2. The third-order valence-electron chi connectivity index (χ3n) is 4.41. The zero-order valence-electron chi connectivity index (χ0n) is 12.6. The average molecular weight is 299 g/mol. The molecule has 1 saturated carbocycles. The molecule has 0 atom stereocenters. The number of hydrazone groups is 1. The van der Waals surface area contributed by atoms with Crippen LogP contribution >= 0.6 is 0 Å². The Morgan fingerprint density at radius 3 is 2.45 bits per heavy atom. The highest BCUT2D eigenvalue weighted by atomic mass is 16.2. The van der Waals surface area contributed by atoms with Gasteiger partial charge in [-0.05, 0) is 36.5 Å². The molecule has 22 heavy (non-hydrogen) atoms. The van der Waals surface area contributed by atoms with Crippen molar-refractivity contribution in [1.82, 2.24) is 5.43 Å². The smallest absolute Gasteiger partial charge is 0.271 e. The molecule has 0 spiro atoms. The highest BCUT2D eigenvalue weighted by molar-refractivity contribution is 6.43. The summed E-state index contributed by atoms with van der Waals surface area (Å²) in [4.78, 5) is 23.1. The Bertz CT molecular complexity index is 586. The van der Waals surface area contributed by atoms with Crippen LogP contribution in [0.3, 0.4) is 0 Å². The minimum absolute atomic E-state index is 0.145. The summed E-state index contributed by atoms with van der Waals surface area (Å²) in [6.07, 6.45) is 7.21. The van der Waals surface area contributed by atoms with E-state index in [1.54, 1.807) is 0 Å². The number of rotatable bonds is 3. The lowest BCUT2D eigenvalue weighted by Crippen LogP contribution is -2.32. The van der Waals surface area contributed by atoms with E-state index in [-0.39, 0.29) is 11.8 Å². The maximum atomic E-state index is 12.1. The zero-order valence-corrected chi connectivity index (χ0v) is 12.6. The number of nitrogens with zero attached hydrogens (tertiary/aromatic N) is 1. The fourth-order valence-corrected chi connectivity index (χ4v) is 3.12. The van der Waals surface area contributed by atoms with Crippen LogP contribution in [0.1, 0.15) is 56.4 Å². The average Bonchev–Trinajstić information content (AvgIpc) is 2.57. The van der Waals surface area contributed by atoms with E-state index >= 15 is 0 Å². The lowest BCUT2D eigenvalue weighted by Gasteiger charge is -2.22. The van der Waals surface area contributed by atoms with Crippen LogP contribution in [0.25, 0.3) is 0 Å². The van der Waals surface area contributed by atoms with Gasteiger partial charge in [0.1, 0.15) is 5.71 Å². The van der Waals surface area contributed by atoms with Crippen LogP contribution < -0.4 is 10.7 Å². The molecule has 0 bridgehead atoms. The maximum Gasteiger partial charge on any atom is 0.271 e. The summed E-state index contributed by atoms with van der Waals surface area (Å²) in [6.45, 7) is 0. The van der Waals surface area contributed by atoms with Gasteiger partial charge >= 0.3 is 0 Å². The first-order valence-electron chi connectivity index (χ1n) is 7.99. The number of amides is 2. The van der Waals surface area contributed by atoms with Crippen LogP contribution in [0.2, 0.25) is 0 Å². The van der Waals surface area contributed by atoms with Gasteiger partial charge in [0.25, 0.3) is 5.91 Å². The molecule has 1 aromatic carbocycles. The minimum Gasteiger partial charge on any atom is -0.321 e. The highest BCUT2D eigenvalue weighted by Crippen LogP contribution is 2.32. The van der Waals surface area contributed by atoms with Crippen LogP contribution in [0.15, 0.2) is 29.4 Å². The van der Waals surface area contributed by atoms with Crippen molar-refractivity contribution in [2.45, 2.75) is 50.9 Å². The Balaban J connectivity index is 1.61. The fourth-order valence-electron chi connectivity index (χ4n) is 3.12. The van der Waals surface area contributed by atoms with E-state index in [1.807, 2.05) is 12.1 Å². The fraction of sp³-hybridized carbons (Fsp3) is 0.471. The molecule has 1 aliphatic carbocycles. The Morgan fingerprint density at radius 1 is 1.09 bits per heavy atom. The number of hydrogen-bond donors (Lipinski definition) is 2. The van der Waals surface area contributed by atoms with Crippen molar-refractivity contribution in [2.75, 3.05) is 5.32 Å². The lowest BCUT2D eigenvalue weighted by atomic mass is 9.84. The molecule has 1 fully saturated rings. The summed E-state index contributed by atoms with van der Waals surface area (Å²) in [6, 6.07) is 8.11. The Kier molecular flexibility index (Phi) is 4.51. The molecule has 5 nitrogen and oxygen atoms in total. The van der Waals surface area contributed by atoms with E-state index in [1.165, 1.54) is 37.7 Å². The topological polar surface area (TPSA) is 70.6 Å². The van der Waals surface area contributed by atoms with Crippen molar-refractivity contribution in [3.8, 4) is 0 Å². The zero-order chi connectivity index (χ0) is 15.4. The second kappa shape index (κ2) is 6.73. The predicted molar refractivity (Wildman–Crippen MR) is 85.7 cm³/mol. The van der Waals surface area contributed by atoms with Crippen molar-refractivity contribution in [3.05, 3.63) is 29.8 Å². The second-order valence-corrected chi connectivity index (χ2v) is 6.00. The number of hydrogen-bond acceptors (Lipinski definition) is 3. The van der Waals surface area contributed by atoms with Crippen LogP contribution in [-0.4, -0.2) is 17.5 Å². The molecule has 0 radical (unpaired) electrons. The molecule has 116 valence electrons. The van der Waals surface area contributed by atoms with Gasteiger partial charge in [-0.1, -0.05) is 31.4 Å². The van der Waals surface area contributed by atoms with Gasteiger partial charge in [-0.15, -0.1) is 0 Å². The monoisotopic (exact) mass is 299 g/mol. The SMILES string of the molecule is O=C1CCC(C(=O)Nc2ccc(C3CCCCC3)cc2)=NN1. The highest BCUT2D eigenvalue weighted by Gasteiger charge is 2.19. The molecule has 0 saturated heterocycles. The van der Waals surface area contributed by atoms with Crippen LogP contribution in [0.4, 0.5) is 5.69 Å². The standard InChI is InChI=1S/C17H21N3O2/c21-16-11-10-15(19-20-16)17(22)18-14-8-6-13(7-9-14)12-4-2-1-3-5-12/h6-9,12H,1-5,10-11H2,(H,18,22)(H,20,21). The Labute approximate surface area is 130 Å². The van der Waals surface area contributed by atoms with Crippen molar-refractivity contribution < 1.29 is 9.59 Å². The first-order valence-corrected chi connectivity index (χ1v) is 7.99. The van der Waals surface area contributed by atoms with Gasteiger partial charge in [-0.25, -0.2) is 5.43 Å². The van der Waals surface area contributed by atoms with E-state index in [9.17, 15) is 9.59 Å². The van der Waals surface area contributed by atoms with Crippen LogP contribution in [0, 0.1) is 0 Å². The molecule has 3 rings (SSSR count). The largest absolute Gasteiger partial charge is 0.321 e. The van der Waals surface area contributed by atoms with Gasteiger partial charge < -0.3 is 5.32 Å². The van der Waals surface area contributed by atoms with E-state index in [2.05, 4.69) is 28.0 Å². The third kappa shape index (κ3) is 3.53. The summed E-state index contributed by atoms with van der Waals surface area (Å²) in [5.41, 5.74) is 4.84. The molecule has 0 aromatic heterocycles. The van der Waals surface area contributed by atoms with Gasteiger partial charge in [0.05, 0.1) is 0 Å². The Morgan fingerprint density at radius 2 is 1.82 bits per heavy atom. The van der Waals surface area contributed by atoms with Gasteiger partial charge in [-0.3, -0.25) is 9.59 Å². The number of nitrogens with one attached hydrogen (secondary N) is 2. The van der Waals surface area contributed by atoms with Crippen molar-refractivity contribution >= 4 is 23.2 Å². The molecule has 1 heterocycles. The van der Waals surface area contributed by atoms with E-state index in [0.29, 0.717) is 24.5 Å². The van der Waals surface area contributed by atoms with Crippen LogP contribution in [0.5, 0.6) is 0 Å². The van der Waals surface area contributed by atoms with Crippen molar-refractivity contribution in [1.29, 1.82) is 0 Å². The molecule has 2 amide bonds. The number of anilines is 1. The van der Waals surface area contributed by atoms with Gasteiger partial charge in [-0.2, -0.15) is 5.10 Å².